The zero-order valence-electron chi connectivity index (χ0n) is 19.5. The molecule has 184 valence electrons. The number of hydrogen-bond acceptors (Lipinski definition) is 5. The van der Waals surface area contributed by atoms with Crippen molar-refractivity contribution in [1.29, 1.82) is 0 Å². The summed E-state index contributed by atoms with van der Waals surface area (Å²) < 4.78 is 5.59. The molecule has 1 fully saturated rings. The first-order chi connectivity index (χ1) is 17.2. The molecule has 1 N–H and O–H groups in total. The fourth-order valence-electron chi connectivity index (χ4n) is 3.47. The number of nitrogens with one attached hydrogen (secondary N) is 1. The lowest BCUT2D eigenvalue weighted by atomic mass is 10.1. The van der Waals surface area contributed by atoms with E-state index in [4.69, 9.17) is 27.9 Å². The van der Waals surface area contributed by atoms with E-state index >= 15 is 0 Å². The largest absolute Gasteiger partial charge is 0.484 e. The number of nitrogens with zero attached hydrogens (tertiary/aromatic N) is 1. The minimum Gasteiger partial charge on any atom is -0.484 e. The molecule has 1 heterocycles. The monoisotopic (exact) mass is 540 g/mol. The van der Waals surface area contributed by atoms with Gasteiger partial charge in [-0.15, -0.1) is 0 Å². The van der Waals surface area contributed by atoms with Gasteiger partial charge in [-0.1, -0.05) is 53.5 Å². The molecule has 0 spiro atoms. The van der Waals surface area contributed by atoms with Gasteiger partial charge in [0.2, 0.25) is 0 Å². The van der Waals surface area contributed by atoms with Crippen LogP contribution < -0.4 is 10.1 Å². The van der Waals surface area contributed by atoms with E-state index in [0.29, 0.717) is 26.3 Å². The third-order valence-electron chi connectivity index (χ3n) is 5.41. The van der Waals surface area contributed by atoms with Gasteiger partial charge in [0.05, 0.1) is 21.5 Å². The van der Waals surface area contributed by atoms with Gasteiger partial charge in [-0.05, 0) is 84.3 Å². The van der Waals surface area contributed by atoms with Crippen LogP contribution in [0.3, 0.4) is 0 Å². The highest BCUT2D eigenvalue weighted by Crippen LogP contribution is 2.34. The normalized spacial score (nSPS) is 14.4. The Hall–Kier alpha value is -3.26. The molecule has 0 saturated carbocycles. The molecule has 4 rings (SSSR count). The third kappa shape index (κ3) is 6.29. The second-order valence-electron chi connectivity index (χ2n) is 8.24. The van der Waals surface area contributed by atoms with Crippen molar-refractivity contribution in [3.05, 3.63) is 97.9 Å². The van der Waals surface area contributed by atoms with Gasteiger partial charge in [0.25, 0.3) is 17.1 Å². The number of imide groups is 1. The van der Waals surface area contributed by atoms with Gasteiger partial charge in [-0.3, -0.25) is 19.3 Å². The Kier molecular flexibility index (Phi) is 8.04. The lowest BCUT2D eigenvalue weighted by molar-refractivity contribution is -0.123. The number of hydrogen-bond donors (Lipinski definition) is 1. The number of halogens is 2. The highest BCUT2D eigenvalue weighted by Gasteiger charge is 2.35. The van der Waals surface area contributed by atoms with Crippen LogP contribution in [0.1, 0.15) is 22.3 Å². The molecule has 1 aliphatic rings. The molecule has 3 aromatic rings. The SMILES string of the molecule is Cc1ccc(C)c(NC(=O)COc2ccc(/C=C3\SC(=O)N(Cc4ccc(Cl)c(Cl)c4)C3=O)cc2)c1. The van der Waals surface area contributed by atoms with Crippen LogP contribution in [0, 0.1) is 13.8 Å². The molecule has 0 unspecified atom stereocenters. The average Bonchev–Trinajstić information content (AvgIpc) is 3.10. The van der Waals surface area contributed by atoms with Crippen molar-refractivity contribution in [2.24, 2.45) is 0 Å². The Bertz CT molecular complexity index is 1370. The van der Waals surface area contributed by atoms with Crippen LogP contribution in [0.25, 0.3) is 6.08 Å². The average molecular weight is 541 g/mol. The number of amides is 3. The van der Waals surface area contributed by atoms with Gasteiger partial charge in [0.1, 0.15) is 5.75 Å². The summed E-state index contributed by atoms with van der Waals surface area (Å²) in [5, 5.41) is 3.27. The maximum atomic E-state index is 12.8. The summed E-state index contributed by atoms with van der Waals surface area (Å²) in [6.07, 6.45) is 1.65. The van der Waals surface area contributed by atoms with Crippen molar-refractivity contribution in [3.63, 3.8) is 0 Å². The van der Waals surface area contributed by atoms with Crippen LogP contribution in [0.4, 0.5) is 10.5 Å². The number of aryl methyl sites for hydroxylation is 2. The van der Waals surface area contributed by atoms with E-state index in [-0.39, 0.29) is 30.2 Å². The maximum Gasteiger partial charge on any atom is 0.293 e. The van der Waals surface area contributed by atoms with Crippen molar-refractivity contribution in [2.75, 3.05) is 11.9 Å². The Morgan fingerprint density at radius 2 is 1.75 bits per heavy atom. The van der Waals surface area contributed by atoms with E-state index < -0.39 is 0 Å². The molecular formula is C27H22Cl2N2O4S. The van der Waals surface area contributed by atoms with Gasteiger partial charge in [0, 0.05) is 5.69 Å². The highest BCUT2D eigenvalue weighted by atomic mass is 35.5. The van der Waals surface area contributed by atoms with Gasteiger partial charge in [0.15, 0.2) is 6.61 Å². The predicted molar refractivity (Wildman–Crippen MR) is 144 cm³/mol. The summed E-state index contributed by atoms with van der Waals surface area (Å²) in [6, 6.07) is 17.8. The summed E-state index contributed by atoms with van der Waals surface area (Å²) in [7, 11) is 0. The van der Waals surface area contributed by atoms with Gasteiger partial charge in [-0.25, -0.2) is 0 Å². The van der Waals surface area contributed by atoms with Gasteiger partial charge in [-0.2, -0.15) is 0 Å². The fraction of sp³-hybridized carbons (Fsp3) is 0.148. The Labute approximate surface area is 223 Å². The standard InChI is InChI=1S/C27H22Cl2N2O4S/c1-16-3-4-17(2)23(11-16)30-25(32)15-35-20-8-5-18(6-9-20)13-24-26(33)31(27(34)36-24)14-19-7-10-21(28)22(29)12-19/h3-13H,14-15H2,1-2H3,(H,30,32)/b24-13-. The van der Waals surface area contributed by atoms with Crippen LogP contribution in [0.5, 0.6) is 5.75 Å². The van der Waals surface area contributed by atoms with E-state index in [1.54, 1.807) is 48.5 Å². The quantitative estimate of drug-likeness (QED) is 0.331. The van der Waals surface area contributed by atoms with E-state index in [2.05, 4.69) is 5.32 Å². The van der Waals surface area contributed by atoms with Crippen LogP contribution >= 0.6 is 35.0 Å². The molecule has 0 aliphatic carbocycles. The molecule has 3 aromatic carbocycles. The number of rotatable bonds is 7. The molecule has 0 atom stereocenters. The minimum atomic E-state index is -0.375. The number of anilines is 1. The van der Waals surface area contributed by atoms with Crippen molar-refractivity contribution >= 4 is 63.8 Å². The first-order valence-electron chi connectivity index (χ1n) is 11.0. The lowest BCUT2D eigenvalue weighted by Gasteiger charge is -2.13. The molecule has 9 heteroatoms. The first kappa shape index (κ1) is 25.8. The van der Waals surface area contributed by atoms with Gasteiger partial charge < -0.3 is 10.1 Å². The van der Waals surface area contributed by atoms with E-state index in [0.717, 1.165) is 34.1 Å². The number of benzene rings is 3. The van der Waals surface area contributed by atoms with Crippen molar-refractivity contribution in [1.82, 2.24) is 4.90 Å². The third-order valence-corrected chi connectivity index (χ3v) is 7.06. The Morgan fingerprint density at radius 3 is 2.47 bits per heavy atom. The second kappa shape index (κ2) is 11.2. The number of ether oxygens (including phenoxy) is 1. The molecule has 6 nitrogen and oxygen atoms in total. The van der Waals surface area contributed by atoms with Crippen LogP contribution in [0.2, 0.25) is 10.0 Å². The first-order valence-corrected chi connectivity index (χ1v) is 12.6. The molecule has 0 bridgehead atoms. The van der Waals surface area contributed by atoms with Crippen LogP contribution in [-0.2, 0) is 16.1 Å². The zero-order valence-corrected chi connectivity index (χ0v) is 21.8. The fourth-order valence-corrected chi connectivity index (χ4v) is 4.63. The highest BCUT2D eigenvalue weighted by molar-refractivity contribution is 8.18. The molecule has 0 aromatic heterocycles. The number of carbonyl (C=O) groups is 3. The minimum absolute atomic E-state index is 0.107. The predicted octanol–water partition coefficient (Wildman–Crippen LogP) is 6.86. The number of carbonyl (C=O) groups excluding carboxylic acids is 3. The zero-order chi connectivity index (χ0) is 25.8. The lowest BCUT2D eigenvalue weighted by Crippen LogP contribution is -2.27. The van der Waals surface area contributed by atoms with Crippen LogP contribution in [0.15, 0.2) is 65.6 Å². The summed E-state index contributed by atoms with van der Waals surface area (Å²) in [5.41, 5.74) is 4.21. The van der Waals surface area contributed by atoms with E-state index in [9.17, 15) is 14.4 Å². The van der Waals surface area contributed by atoms with Crippen molar-refractivity contribution < 1.29 is 19.1 Å². The van der Waals surface area contributed by atoms with Crippen LogP contribution in [-0.4, -0.2) is 28.6 Å². The topological polar surface area (TPSA) is 75.7 Å². The summed E-state index contributed by atoms with van der Waals surface area (Å²) in [5.74, 6) is -0.126. The second-order valence-corrected chi connectivity index (χ2v) is 10.0. The molecule has 3 amide bonds. The molecule has 0 radical (unpaired) electrons. The maximum absolute atomic E-state index is 12.8. The van der Waals surface area contributed by atoms with E-state index in [1.165, 1.54) is 4.90 Å². The van der Waals surface area contributed by atoms with Crippen molar-refractivity contribution in [3.8, 4) is 5.75 Å². The van der Waals surface area contributed by atoms with E-state index in [1.807, 2.05) is 32.0 Å². The molecule has 36 heavy (non-hydrogen) atoms. The Balaban J connectivity index is 1.35. The Morgan fingerprint density at radius 1 is 1.00 bits per heavy atom. The van der Waals surface area contributed by atoms with Crippen molar-refractivity contribution in [2.45, 2.75) is 20.4 Å². The summed E-state index contributed by atoms with van der Waals surface area (Å²) >= 11 is 12.9. The number of thioether (sulfide) groups is 1. The molecule has 1 saturated heterocycles. The smallest absolute Gasteiger partial charge is 0.293 e. The summed E-state index contributed by atoms with van der Waals surface area (Å²) in [4.78, 5) is 39.0. The molecular weight excluding hydrogens is 519 g/mol. The molecule has 1 aliphatic heterocycles. The van der Waals surface area contributed by atoms with Gasteiger partial charge >= 0.3 is 0 Å². The summed E-state index contributed by atoms with van der Waals surface area (Å²) in [6.45, 7) is 3.86.